The molecule has 2 fully saturated rings. The van der Waals surface area contributed by atoms with E-state index in [9.17, 15) is 24.5 Å². The maximum absolute atomic E-state index is 15.2. The molecule has 2 amide bonds. The summed E-state index contributed by atoms with van der Waals surface area (Å²) in [5, 5.41) is 17.8. The molecule has 304 valence electrons. The number of nitrogens with zero attached hydrogens (tertiary/aromatic N) is 6. The molecule has 3 heterocycles. The Morgan fingerprint density at radius 3 is 2.40 bits per heavy atom. The van der Waals surface area contributed by atoms with Crippen molar-refractivity contribution in [2.75, 3.05) is 44.7 Å². The van der Waals surface area contributed by atoms with E-state index in [1.165, 1.54) is 10.7 Å². The van der Waals surface area contributed by atoms with Crippen LogP contribution in [0.15, 0.2) is 77.6 Å². The van der Waals surface area contributed by atoms with Gasteiger partial charge in [0.25, 0.3) is 17.2 Å². The zero-order valence-electron chi connectivity index (χ0n) is 33.4. The fourth-order valence-electron chi connectivity index (χ4n) is 9.40. The summed E-state index contributed by atoms with van der Waals surface area (Å²) in [5.41, 5.74) is 2.77. The van der Waals surface area contributed by atoms with Crippen molar-refractivity contribution in [2.45, 2.75) is 82.9 Å². The van der Waals surface area contributed by atoms with Crippen molar-refractivity contribution in [2.24, 2.45) is 11.8 Å². The van der Waals surface area contributed by atoms with Crippen molar-refractivity contribution in [3.63, 3.8) is 0 Å². The van der Waals surface area contributed by atoms with Gasteiger partial charge < -0.3 is 19.4 Å². The van der Waals surface area contributed by atoms with E-state index in [2.05, 4.69) is 30.9 Å². The SMILES string of the molecule is COC(C)(C)C1C2CC=CC2c2cc([N+](=O)[O-])ccc2N1CCCCCn1nc(Cc2ccc(F)c(C(=O)N3CCN(C(=O)C4CC4)CC3)c2)c2ccccc2c1=O. The zero-order chi connectivity index (χ0) is 40.7. The number of piperazine rings is 1. The number of benzene rings is 3. The molecule has 58 heavy (non-hydrogen) atoms. The third kappa shape index (κ3) is 7.64. The summed E-state index contributed by atoms with van der Waals surface area (Å²) in [7, 11) is 1.74. The molecule has 4 aliphatic rings. The van der Waals surface area contributed by atoms with Crippen molar-refractivity contribution in [1.29, 1.82) is 0 Å². The average molecular weight is 791 g/mol. The van der Waals surface area contributed by atoms with Crippen LogP contribution in [0.1, 0.15) is 85.5 Å². The Labute approximate surface area is 337 Å². The second-order valence-electron chi connectivity index (χ2n) is 16.8. The summed E-state index contributed by atoms with van der Waals surface area (Å²) >= 11 is 0. The van der Waals surface area contributed by atoms with Gasteiger partial charge in [-0.3, -0.25) is 24.5 Å². The molecule has 8 rings (SSSR count). The van der Waals surface area contributed by atoms with E-state index in [0.29, 0.717) is 67.6 Å². The van der Waals surface area contributed by atoms with Gasteiger partial charge in [-0.25, -0.2) is 9.07 Å². The molecule has 3 atom stereocenters. The second-order valence-corrected chi connectivity index (χ2v) is 16.8. The maximum Gasteiger partial charge on any atom is 0.274 e. The Morgan fingerprint density at radius 1 is 0.948 bits per heavy atom. The van der Waals surface area contributed by atoms with Crippen LogP contribution in [0.25, 0.3) is 10.8 Å². The number of hydrogen-bond acceptors (Lipinski definition) is 8. The van der Waals surface area contributed by atoms with Gasteiger partial charge in [-0.1, -0.05) is 36.4 Å². The number of halogens is 1. The lowest BCUT2D eigenvalue weighted by atomic mass is 9.72. The smallest absolute Gasteiger partial charge is 0.274 e. The molecule has 2 aliphatic carbocycles. The van der Waals surface area contributed by atoms with Crippen LogP contribution >= 0.6 is 0 Å². The van der Waals surface area contributed by atoms with Gasteiger partial charge in [0.05, 0.1) is 33.2 Å². The molecule has 3 unspecified atom stereocenters. The number of methoxy groups -OCH3 is 1. The first kappa shape index (κ1) is 39.4. The number of anilines is 1. The van der Waals surface area contributed by atoms with Crippen molar-refractivity contribution in [3.05, 3.63) is 121 Å². The van der Waals surface area contributed by atoms with Gasteiger partial charge in [-0.2, -0.15) is 5.10 Å². The van der Waals surface area contributed by atoms with Crippen LogP contribution in [0.5, 0.6) is 0 Å². The van der Waals surface area contributed by atoms with E-state index < -0.39 is 17.3 Å². The largest absolute Gasteiger partial charge is 0.377 e. The van der Waals surface area contributed by atoms with Gasteiger partial charge in [0, 0.05) is 87.8 Å². The summed E-state index contributed by atoms with van der Waals surface area (Å²) in [6, 6.07) is 17.2. The summed E-state index contributed by atoms with van der Waals surface area (Å²) in [4.78, 5) is 57.0. The van der Waals surface area contributed by atoms with E-state index in [1.54, 1.807) is 42.3 Å². The third-order valence-electron chi connectivity index (χ3n) is 12.7. The van der Waals surface area contributed by atoms with E-state index in [0.717, 1.165) is 49.9 Å². The summed E-state index contributed by atoms with van der Waals surface area (Å²) in [5.74, 6) is -0.418. The van der Waals surface area contributed by atoms with Crippen LogP contribution < -0.4 is 10.5 Å². The maximum atomic E-state index is 15.2. The molecule has 0 bridgehead atoms. The highest BCUT2D eigenvalue weighted by atomic mass is 19.1. The lowest BCUT2D eigenvalue weighted by Crippen LogP contribution is -2.58. The molecule has 1 saturated heterocycles. The van der Waals surface area contributed by atoms with Gasteiger partial charge in [0.2, 0.25) is 5.91 Å². The number of hydrogen-bond donors (Lipinski definition) is 0. The molecule has 0 N–H and O–H groups in total. The fraction of sp³-hybridized carbons (Fsp3) is 0.467. The Bertz CT molecular complexity index is 2330. The number of unbranched alkanes of at least 4 members (excludes halogenated alkanes) is 2. The first-order chi connectivity index (χ1) is 27.9. The van der Waals surface area contributed by atoms with E-state index in [4.69, 9.17) is 9.84 Å². The number of ether oxygens (including phenoxy) is 1. The number of aryl methyl sites for hydroxylation is 1. The van der Waals surface area contributed by atoms with Gasteiger partial charge in [-0.15, -0.1) is 0 Å². The van der Waals surface area contributed by atoms with Gasteiger partial charge in [0.15, 0.2) is 0 Å². The first-order valence-corrected chi connectivity index (χ1v) is 20.6. The van der Waals surface area contributed by atoms with Crippen LogP contribution in [0.4, 0.5) is 15.8 Å². The fourth-order valence-corrected chi connectivity index (χ4v) is 9.40. The minimum absolute atomic E-state index is 0.0116. The number of rotatable bonds is 13. The van der Waals surface area contributed by atoms with Crippen LogP contribution in [0.3, 0.4) is 0 Å². The van der Waals surface area contributed by atoms with Crippen molar-refractivity contribution in [3.8, 4) is 0 Å². The number of allylic oxidation sites excluding steroid dienone is 2. The molecule has 1 saturated carbocycles. The van der Waals surface area contributed by atoms with E-state index in [-0.39, 0.29) is 51.4 Å². The van der Waals surface area contributed by atoms with Crippen molar-refractivity contribution in [1.82, 2.24) is 19.6 Å². The summed E-state index contributed by atoms with van der Waals surface area (Å²) in [6.07, 6.45) is 9.73. The van der Waals surface area contributed by atoms with E-state index in [1.807, 2.05) is 29.2 Å². The molecule has 4 aromatic rings. The molecule has 0 radical (unpaired) electrons. The zero-order valence-corrected chi connectivity index (χ0v) is 33.4. The highest BCUT2D eigenvalue weighted by Crippen LogP contribution is 2.51. The number of amides is 2. The summed E-state index contributed by atoms with van der Waals surface area (Å²) in [6.45, 7) is 6.96. The predicted octanol–water partition coefficient (Wildman–Crippen LogP) is 6.87. The lowest BCUT2D eigenvalue weighted by Gasteiger charge is -2.51. The molecule has 12 nitrogen and oxygen atoms in total. The Morgan fingerprint density at radius 2 is 1.67 bits per heavy atom. The molecule has 1 aromatic heterocycles. The van der Waals surface area contributed by atoms with Gasteiger partial charge >= 0.3 is 0 Å². The second kappa shape index (κ2) is 16.1. The number of carbonyl (C=O) groups excluding carboxylic acids is 2. The molecule has 2 aliphatic heterocycles. The minimum Gasteiger partial charge on any atom is -0.377 e. The van der Waals surface area contributed by atoms with E-state index >= 15 is 4.39 Å². The molecular weight excluding hydrogens is 740 g/mol. The predicted molar refractivity (Wildman–Crippen MR) is 220 cm³/mol. The number of nitro groups is 1. The Hall–Kier alpha value is -5.43. The molecule has 0 spiro atoms. The number of aromatic nitrogens is 2. The monoisotopic (exact) mass is 790 g/mol. The minimum atomic E-state index is -0.598. The van der Waals surface area contributed by atoms with Crippen molar-refractivity contribution >= 4 is 34.0 Å². The van der Waals surface area contributed by atoms with Gasteiger partial charge in [-0.05, 0) is 93.7 Å². The standard InChI is InChI=1S/C45H51FN6O6/c1-45(2,58-3)41-34-13-9-12-32(34)36-28-31(52(56)57)17-19-40(36)50(41)20-7-4-8-21-51-44(55)35-11-6-5-10-33(35)39(47-51)27-29-14-18-38(46)37(26-29)43(54)49-24-22-48(23-25-49)42(53)30-15-16-30/h5-6,9-12,14,17-19,26,28,30,32,34,41H,4,7-8,13,15-16,20-25,27H2,1-3H3. The number of nitro benzene ring substituents is 1. The van der Waals surface area contributed by atoms with Gasteiger partial charge in [0.1, 0.15) is 5.82 Å². The normalized spacial score (nSPS) is 20.3. The van der Waals surface area contributed by atoms with Crippen LogP contribution in [0.2, 0.25) is 0 Å². The van der Waals surface area contributed by atoms with Crippen LogP contribution in [0, 0.1) is 27.8 Å². The number of fused-ring (bicyclic) bond motifs is 4. The molecular formula is C45H51FN6O6. The van der Waals surface area contributed by atoms with Crippen molar-refractivity contribution < 1.29 is 23.6 Å². The average Bonchev–Trinajstić information content (AvgIpc) is 3.98. The molecule has 13 heteroatoms. The first-order valence-electron chi connectivity index (χ1n) is 20.6. The third-order valence-corrected chi connectivity index (χ3v) is 12.7. The van der Waals surface area contributed by atoms with Crippen LogP contribution in [-0.2, 0) is 22.5 Å². The number of carbonyl (C=O) groups is 2. The quantitative estimate of drug-likeness (QED) is 0.0621. The highest BCUT2D eigenvalue weighted by Gasteiger charge is 2.48. The Balaban J connectivity index is 0.963. The Kier molecular flexibility index (Phi) is 10.9. The topological polar surface area (TPSA) is 131 Å². The number of non-ortho nitro benzene ring substituents is 1. The van der Waals surface area contributed by atoms with Crippen LogP contribution in [-0.4, -0.2) is 87.8 Å². The summed E-state index contributed by atoms with van der Waals surface area (Å²) < 4.78 is 22.8. The lowest BCUT2D eigenvalue weighted by molar-refractivity contribution is -0.384. The molecule has 3 aromatic carbocycles. The highest BCUT2D eigenvalue weighted by molar-refractivity contribution is 5.95.